The largest absolute Gasteiger partial charge is 0.350 e. The minimum atomic E-state index is -0.559. The summed E-state index contributed by atoms with van der Waals surface area (Å²) in [4.78, 5) is 26.5. The van der Waals surface area contributed by atoms with Crippen molar-refractivity contribution < 1.29 is 9.59 Å². The molecule has 6 heteroatoms. The minimum Gasteiger partial charge on any atom is -0.350 e. The number of nitrogens with one attached hydrogen (secondary N) is 1. The Labute approximate surface area is 142 Å². The molecule has 1 aromatic carbocycles. The van der Waals surface area contributed by atoms with Crippen molar-refractivity contribution in [2.24, 2.45) is 11.7 Å². The number of rotatable bonds is 5. The van der Waals surface area contributed by atoms with Gasteiger partial charge in [0.25, 0.3) is 0 Å². The first kappa shape index (κ1) is 17.8. The third-order valence-electron chi connectivity index (χ3n) is 4.20. The molecule has 1 aliphatic heterocycles. The van der Waals surface area contributed by atoms with Gasteiger partial charge in [-0.15, -0.1) is 0 Å². The second kappa shape index (κ2) is 7.79. The summed E-state index contributed by atoms with van der Waals surface area (Å²) in [5.74, 6) is -0.217. The number of halogens is 1. The first-order valence-electron chi connectivity index (χ1n) is 7.98. The van der Waals surface area contributed by atoms with E-state index in [1.54, 1.807) is 11.0 Å². The highest BCUT2D eigenvalue weighted by Crippen LogP contribution is 2.20. The highest BCUT2D eigenvalue weighted by Gasteiger charge is 2.36. The lowest BCUT2D eigenvalue weighted by atomic mass is 10.0. The van der Waals surface area contributed by atoms with Crippen LogP contribution in [0.1, 0.15) is 32.3 Å². The van der Waals surface area contributed by atoms with Gasteiger partial charge in [-0.3, -0.25) is 9.59 Å². The Bertz CT molecular complexity index is 577. The smallest absolute Gasteiger partial charge is 0.243 e. The Morgan fingerprint density at radius 2 is 2.17 bits per heavy atom. The molecule has 23 heavy (non-hydrogen) atoms. The van der Waals surface area contributed by atoms with Gasteiger partial charge >= 0.3 is 0 Å². The van der Waals surface area contributed by atoms with Crippen LogP contribution in [0.5, 0.6) is 0 Å². The van der Waals surface area contributed by atoms with Crippen molar-refractivity contribution >= 4 is 23.4 Å². The van der Waals surface area contributed by atoms with Crippen LogP contribution in [-0.4, -0.2) is 35.3 Å². The van der Waals surface area contributed by atoms with Gasteiger partial charge in [-0.1, -0.05) is 37.6 Å². The van der Waals surface area contributed by atoms with Gasteiger partial charge in [0.2, 0.25) is 11.8 Å². The first-order chi connectivity index (χ1) is 10.9. The van der Waals surface area contributed by atoms with E-state index in [9.17, 15) is 9.59 Å². The van der Waals surface area contributed by atoms with Gasteiger partial charge in [0.1, 0.15) is 6.04 Å². The molecule has 5 nitrogen and oxygen atoms in total. The SMILES string of the molecule is CC(C)[C@@H](N)C(=O)N1CCC[C@H]1C(=O)NCc1cccc(Cl)c1. The molecular weight excluding hydrogens is 314 g/mol. The lowest BCUT2D eigenvalue weighted by molar-refractivity contribution is -0.140. The summed E-state index contributed by atoms with van der Waals surface area (Å²) in [6, 6.07) is 6.36. The Morgan fingerprint density at radius 1 is 1.43 bits per heavy atom. The predicted molar refractivity (Wildman–Crippen MR) is 90.8 cm³/mol. The number of nitrogens with zero attached hydrogens (tertiary/aromatic N) is 1. The molecule has 1 heterocycles. The third-order valence-corrected chi connectivity index (χ3v) is 4.43. The van der Waals surface area contributed by atoms with E-state index in [0.29, 0.717) is 24.5 Å². The van der Waals surface area contributed by atoms with Crippen molar-refractivity contribution in [1.29, 1.82) is 0 Å². The average molecular weight is 338 g/mol. The fourth-order valence-electron chi connectivity index (χ4n) is 2.73. The van der Waals surface area contributed by atoms with E-state index in [1.807, 2.05) is 32.0 Å². The fourth-order valence-corrected chi connectivity index (χ4v) is 2.95. The summed E-state index contributed by atoms with van der Waals surface area (Å²) in [5, 5.41) is 3.53. The van der Waals surface area contributed by atoms with E-state index >= 15 is 0 Å². The van der Waals surface area contributed by atoms with Gasteiger partial charge in [-0.25, -0.2) is 0 Å². The first-order valence-corrected chi connectivity index (χ1v) is 8.36. The van der Waals surface area contributed by atoms with Crippen LogP contribution in [0.2, 0.25) is 5.02 Å². The lowest BCUT2D eigenvalue weighted by Gasteiger charge is -2.28. The maximum atomic E-state index is 12.4. The second-order valence-electron chi connectivity index (χ2n) is 6.31. The van der Waals surface area contributed by atoms with Gasteiger partial charge in [-0.05, 0) is 36.5 Å². The Kier molecular flexibility index (Phi) is 6.02. The number of carbonyl (C=O) groups is 2. The molecule has 2 rings (SSSR count). The monoisotopic (exact) mass is 337 g/mol. The molecule has 0 aromatic heterocycles. The number of nitrogens with two attached hydrogens (primary N) is 1. The number of hydrogen-bond acceptors (Lipinski definition) is 3. The van der Waals surface area contributed by atoms with Crippen LogP contribution in [0.15, 0.2) is 24.3 Å². The molecule has 2 amide bonds. The van der Waals surface area contributed by atoms with E-state index in [4.69, 9.17) is 17.3 Å². The summed E-state index contributed by atoms with van der Waals surface area (Å²) >= 11 is 5.94. The molecule has 1 saturated heterocycles. The van der Waals surface area contributed by atoms with Gasteiger partial charge < -0.3 is 16.0 Å². The van der Waals surface area contributed by atoms with Crippen molar-refractivity contribution in [3.8, 4) is 0 Å². The summed E-state index contributed by atoms with van der Waals surface area (Å²) in [5.41, 5.74) is 6.88. The molecule has 3 N–H and O–H groups in total. The highest BCUT2D eigenvalue weighted by atomic mass is 35.5. The molecule has 0 radical (unpaired) electrons. The van der Waals surface area contributed by atoms with Crippen molar-refractivity contribution in [1.82, 2.24) is 10.2 Å². The second-order valence-corrected chi connectivity index (χ2v) is 6.74. The number of amides is 2. The molecule has 1 aromatic rings. The molecule has 1 fully saturated rings. The van der Waals surface area contributed by atoms with E-state index in [2.05, 4.69) is 5.32 Å². The minimum absolute atomic E-state index is 0.0540. The molecule has 1 aliphatic rings. The number of hydrogen-bond donors (Lipinski definition) is 2. The predicted octanol–water partition coefficient (Wildman–Crippen LogP) is 1.93. The molecular formula is C17H24ClN3O2. The van der Waals surface area contributed by atoms with E-state index in [1.165, 1.54) is 0 Å². The fraction of sp³-hybridized carbons (Fsp3) is 0.529. The van der Waals surface area contributed by atoms with Crippen molar-refractivity contribution in [3.63, 3.8) is 0 Å². The summed E-state index contributed by atoms with van der Waals surface area (Å²) in [6.07, 6.45) is 1.50. The maximum Gasteiger partial charge on any atom is 0.243 e. The summed E-state index contributed by atoms with van der Waals surface area (Å²) in [6.45, 7) is 4.81. The Balaban J connectivity index is 1.96. The topological polar surface area (TPSA) is 75.4 Å². The third kappa shape index (κ3) is 4.45. The van der Waals surface area contributed by atoms with Gasteiger partial charge in [0.15, 0.2) is 0 Å². The van der Waals surface area contributed by atoms with Crippen molar-refractivity contribution in [3.05, 3.63) is 34.9 Å². The van der Waals surface area contributed by atoms with Gasteiger partial charge in [0, 0.05) is 18.1 Å². The average Bonchev–Trinajstić information content (AvgIpc) is 3.00. The molecule has 0 spiro atoms. The molecule has 0 saturated carbocycles. The van der Waals surface area contributed by atoms with Crippen LogP contribution in [0.4, 0.5) is 0 Å². The van der Waals surface area contributed by atoms with E-state index < -0.39 is 12.1 Å². The molecule has 126 valence electrons. The highest BCUT2D eigenvalue weighted by molar-refractivity contribution is 6.30. The lowest BCUT2D eigenvalue weighted by Crippen LogP contribution is -2.52. The number of benzene rings is 1. The van der Waals surface area contributed by atoms with E-state index in [-0.39, 0.29) is 17.7 Å². The number of likely N-dealkylation sites (tertiary alicyclic amines) is 1. The molecule has 0 aliphatic carbocycles. The van der Waals surface area contributed by atoms with Gasteiger partial charge in [-0.2, -0.15) is 0 Å². The zero-order chi connectivity index (χ0) is 17.0. The maximum absolute atomic E-state index is 12.4. The van der Waals surface area contributed by atoms with Crippen LogP contribution in [0.25, 0.3) is 0 Å². The van der Waals surface area contributed by atoms with Crippen LogP contribution in [0.3, 0.4) is 0 Å². The van der Waals surface area contributed by atoms with Gasteiger partial charge in [0.05, 0.1) is 6.04 Å². The zero-order valence-electron chi connectivity index (χ0n) is 13.6. The quantitative estimate of drug-likeness (QED) is 0.862. The molecule has 0 unspecified atom stereocenters. The van der Waals surface area contributed by atoms with Crippen LogP contribution < -0.4 is 11.1 Å². The summed E-state index contributed by atoms with van der Waals surface area (Å²) in [7, 11) is 0. The van der Waals surface area contributed by atoms with Crippen molar-refractivity contribution in [2.45, 2.75) is 45.3 Å². The van der Waals surface area contributed by atoms with Crippen molar-refractivity contribution in [2.75, 3.05) is 6.54 Å². The summed E-state index contributed by atoms with van der Waals surface area (Å²) < 4.78 is 0. The van der Waals surface area contributed by atoms with E-state index in [0.717, 1.165) is 12.0 Å². The number of carbonyl (C=O) groups excluding carboxylic acids is 2. The Morgan fingerprint density at radius 3 is 2.83 bits per heavy atom. The molecule has 0 bridgehead atoms. The van der Waals surface area contributed by atoms with Crippen LogP contribution >= 0.6 is 11.6 Å². The zero-order valence-corrected chi connectivity index (χ0v) is 14.3. The molecule has 2 atom stereocenters. The van der Waals surface area contributed by atoms with Crippen LogP contribution in [0, 0.1) is 5.92 Å². The standard InChI is InChI=1S/C17H24ClN3O2/c1-11(2)15(19)17(23)21-8-4-7-14(21)16(22)20-10-12-5-3-6-13(18)9-12/h3,5-6,9,11,14-15H,4,7-8,10,19H2,1-2H3,(H,20,22)/t14-,15+/m0/s1. The van der Waals surface area contributed by atoms with Crippen LogP contribution in [-0.2, 0) is 16.1 Å². The normalized spacial score (nSPS) is 19.0. The Hall–Kier alpha value is -1.59.